The number of halogens is 1. The van der Waals surface area contributed by atoms with Crippen molar-refractivity contribution in [2.45, 2.75) is 46.5 Å². The zero-order valence-corrected chi connectivity index (χ0v) is 11.6. The molecular weight excluding hydrogens is 234 g/mol. The van der Waals surface area contributed by atoms with Gasteiger partial charge < -0.3 is 5.32 Å². The highest BCUT2D eigenvalue weighted by Gasteiger charge is 2.41. The van der Waals surface area contributed by atoms with Crippen LogP contribution >= 0.6 is 11.6 Å². The van der Waals surface area contributed by atoms with Crippen molar-refractivity contribution in [1.82, 2.24) is 10.2 Å². The Bertz CT molecular complexity index is 413. The van der Waals surface area contributed by atoms with Gasteiger partial charge in [-0.05, 0) is 49.7 Å². The van der Waals surface area contributed by atoms with Gasteiger partial charge in [0.25, 0.3) is 0 Å². The lowest BCUT2D eigenvalue weighted by Gasteiger charge is -2.16. The molecule has 1 N–H and O–H groups in total. The minimum atomic E-state index is 0.503. The van der Waals surface area contributed by atoms with Crippen LogP contribution in [-0.4, -0.2) is 16.7 Å². The fourth-order valence-electron chi connectivity index (χ4n) is 2.24. The van der Waals surface area contributed by atoms with Gasteiger partial charge in [-0.3, -0.25) is 0 Å². The van der Waals surface area contributed by atoms with Crippen molar-refractivity contribution in [3.05, 3.63) is 16.3 Å². The molecule has 0 saturated heterocycles. The highest BCUT2D eigenvalue weighted by molar-refractivity contribution is 6.30. The first-order chi connectivity index (χ1) is 8.08. The molecule has 1 aliphatic rings. The first kappa shape index (κ1) is 12.6. The fraction of sp³-hybridized carbons (Fsp3) is 0.692. The predicted octanol–water partition coefficient (Wildman–Crippen LogP) is 3.74. The lowest BCUT2D eigenvalue weighted by molar-refractivity contribution is 0.484. The van der Waals surface area contributed by atoms with Crippen molar-refractivity contribution < 1.29 is 0 Å². The Labute approximate surface area is 108 Å². The summed E-state index contributed by atoms with van der Waals surface area (Å²) in [5.41, 5.74) is 2.65. The molecular formula is C13H20ClN3. The van der Waals surface area contributed by atoms with Crippen molar-refractivity contribution in [3.8, 4) is 0 Å². The quantitative estimate of drug-likeness (QED) is 0.869. The molecule has 1 aliphatic carbocycles. The molecule has 0 aromatic carbocycles. The smallest absolute Gasteiger partial charge is 0.155 e. The van der Waals surface area contributed by atoms with Crippen LogP contribution in [0.5, 0.6) is 0 Å². The Hall–Kier alpha value is -0.830. The van der Waals surface area contributed by atoms with Gasteiger partial charge in [-0.25, -0.2) is 0 Å². The topological polar surface area (TPSA) is 37.8 Å². The van der Waals surface area contributed by atoms with Crippen LogP contribution in [0.15, 0.2) is 0 Å². The number of rotatable bonds is 5. The molecule has 0 aliphatic heterocycles. The lowest BCUT2D eigenvalue weighted by Crippen LogP contribution is -2.17. The van der Waals surface area contributed by atoms with Gasteiger partial charge in [0.1, 0.15) is 0 Å². The zero-order chi connectivity index (χ0) is 12.5. The van der Waals surface area contributed by atoms with Gasteiger partial charge >= 0.3 is 0 Å². The van der Waals surface area contributed by atoms with Crippen molar-refractivity contribution in [2.75, 3.05) is 11.9 Å². The summed E-state index contributed by atoms with van der Waals surface area (Å²) < 4.78 is 0. The third kappa shape index (κ3) is 2.71. The van der Waals surface area contributed by atoms with E-state index >= 15 is 0 Å². The molecule has 0 atom stereocenters. The lowest BCUT2D eigenvalue weighted by atomic mass is 10.0. The van der Waals surface area contributed by atoms with E-state index in [1.54, 1.807) is 0 Å². The molecule has 0 bridgehead atoms. The van der Waals surface area contributed by atoms with Gasteiger partial charge in [-0.1, -0.05) is 24.9 Å². The summed E-state index contributed by atoms with van der Waals surface area (Å²) in [6.07, 6.45) is 5.24. The Morgan fingerprint density at radius 3 is 2.53 bits per heavy atom. The molecule has 0 spiro atoms. The van der Waals surface area contributed by atoms with Crippen molar-refractivity contribution in [3.63, 3.8) is 0 Å². The minimum absolute atomic E-state index is 0.503. The molecule has 2 rings (SSSR count). The van der Waals surface area contributed by atoms with E-state index < -0.39 is 0 Å². The molecule has 1 saturated carbocycles. The van der Waals surface area contributed by atoms with Crippen LogP contribution in [0.25, 0.3) is 0 Å². The highest BCUT2D eigenvalue weighted by Crippen LogP contribution is 2.49. The number of hydrogen-bond donors (Lipinski definition) is 1. The van der Waals surface area contributed by atoms with Crippen LogP contribution in [0.1, 0.15) is 43.7 Å². The van der Waals surface area contributed by atoms with Crippen LogP contribution in [0.3, 0.4) is 0 Å². The molecule has 17 heavy (non-hydrogen) atoms. The van der Waals surface area contributed by atoms with E-state index in [1.807, 2.05) is 13.8 Å². The van der Waals surface area contributed by atoms with Gasteiger partial charge in [0.2, 0.25) is 0 Å². The molecule has 4 heteroatoms. The van der Waals surface area contributed by atoms with E-state index in [-0.39, 0.29) is 0 Å². The summed E-state index contributed by atoms with van der Waals surface area (Å²) >= 11 is 5.94. The third-order valence-corrected chi connectivity index (χ3v) is 4.19. The van der Waals surface area contributed by atoms with Crippen LogP contribution < -0.4 is 5.32 Å². The van der Waals surface area contributed by atoms with E-state index in [9.17, 15) is 0 Å². The summed E-state index contributed by atoms with van der Waals surface area (Å²) in [7, 11) is 0. The van der Waals surface area contributed by atoms with Gasteiger partial charge in [-0.15, -0.1) is 10.2 Å². The number of aromatic nitrogens is 2. The van der Waals surface area contributed by atoms with Gasteiger partial charge in [-0.2, -0.15) is 0 Å². The first-order valence-corrected chi connectivity index (χ1v) is 6.69. The summed E-state index contributed by atoms with van der Waals surface area (Å²) in [4.78, 5) is 0. The van der Waals surface area contributed by atoms with E-state index in [4.69, 9.17) is 11.6 Å². The molecule has 1 aromatic rings. The second kappa shape index (κ2) is 4.81. The Morgan fingerprint density at radius 1 is 1.24 bits per heavy atom. The van der Waals surface area contributed by atoms with Crippen LogP contribution in [0.4, 0.5) is 5.82 Å². The van der Waals surface area contributed by atoms with Gasteiger partial charge in [0.05, 0.1) is 0 Å². The molecule has 1 fully saturated rings. The number of nitrogens with one attached hydrogen (secondary N) is 1. The summed E-state index contributed by atoms with van der Waals surface area (Å²) in [5, 5.41) is 12.0. The van der Waals surface area contributed by atoms with E-state index in [0.717, 1.165) is 23.5 Å². The monoisotopic (exact) mass is 253 g/mol. The maximum Gasteiger partial charge on any atom is 0.155 e. The van der Waals surface area contributed by atoms with Crippen molar-refractivity contribution in [1.29, 1.82) is 0 Å². The number of nitrogens with zero attached hydrogens (tertiary/aromatic N) is 2. The second-order valence-electron chi connectivity index (χ2n) is 5.19. The minimum Gasteiger partial charge on any atom is -0.368 e. The van der Waals surface area contributed by atoms with Crippen LogP contribution in [0.2, 0.25) is 5.15 Å². The maximum absolute atomic E-state index is 5.94. The number of anilines is 1. The molecule has 1 aromatic heterocycles. The summed E-state index contributed by atoms with van der Waals surface area (Å²) in [6.45, 7) is 7.28. The molecule has 1 heterocycles. The van der Waals surface area contributed by atoms with Gasteiger partial charge in [0.15, 0.2) is 11.0 Å². The molecule has 0 amide bonds. The average molecular weight is 254 g/mol. The molecule has 94 valence electrons. The molecule has 3 nitrogen and oxygen atoms in total. The number of hydrogen-bond acceptors (Lipinski definition) is 3. The summed E-state index contributed by atoms with van der Waals surface area (Å²) in [6, 6.07) is 0. The predicted molar refractivity (Wildman–Crippen MR) is 71.6 cm³/mol. The van der Waals surface area contributed by atoms with Crippen LogP contribution in [0, 0.1) is 19.3 Å². The SMILES string of the molecule is CCCC1(CNc2nnc(Cl)c(C)c2C)CC1. The zero-order valence-electron chi connectivity index (χ0n) is 10.8. The first-order valence-electron chi connectivity index (χ1n) is 6.31. The van der Waals surface area contributed by atoms with E-state index in [1.165, 1.54) is 25.7 Å². The Kier molecular flexibility index (Phi) is 3.57. The van der Waals surface area contributed by atoms with E-state index in [2.05, 4.69) is 22.4 Å². The largest absolute Gasteiger partial charge is 0.368 e. The maximum atomic E-state index is 5.94. The van der Waals surface area contributed by atoms with E-state index in [0.29, 0.717) is 10.6 Å². The Morgan fingerprint density at radius 2 is 1.94 bits per heavy atom. The average Bonchev–Trinajstić information content (AvgIpc) is 3.06. The fourth-order valence-corrected chi connectivity index (χ4v) is 2.42. The van der Waals surface area contributed by atoms with Crippen LogP contribution in [-0.2, 0) is 0 Å². The summed E-state index contributed by atoms with van der Waals surface area (Å²) in [5.74, 6) is 0.884. The second-order valence-corrected chi connectivity index (χ2v) is 5.55. The molecule has 0 radical (unpaired) electrons. The van der Waals surface area contributed by atoms with Crippen molar-refractivity contribution >= 4 is 17.4 Å². The standard InChI is InChI=1S/C13H20ClN3/c1-4-5-13(6-7-13)8-15-12-10(3)9(2)11(14)16-17-12/h4-8H2,1-3H3,(H,15,17). The normalized spacial score (nSPS) is 16.9. The van der Waals surface area contributed by atoms with Crippen molar-refractivity contribution in [2.24, 2.45) is 5.41 Å². The van der Waals surface area contributed by atoms with Gasteiger partial charge in [0, 0.05) is 6.54 Å². The molecule has 0 unspecified atom stereocenters. The highest BCUT2D eigenvalue weighted by atomic mass is 35.5. The Balaban J connectivity index is 2.02. The third-order valence-electron chi connectivity index (χ3n) is 3.83.